The second kappa shape index (κ2) is 14.7. The first-order valence-corrected chi connectivity index (χ1v) is 9.35. The molecule has 0 aliphatic rings. The molecule has 0 heterocycles. The minimum Gasteiger partial charge on any atom is -0.461 e. The van der Waals surface area contributed by atoms with Gasteiger partial charge in [-0.25, -0.2) is 0 Å². The maximum atomic E-state index is 12.0. The smallest absolute Gasteiger partial charge is 0.320 e. The Balaban J connectivity index is 2.21. The SMILES string of the molecule is C=CCOC(=O)C(CCCCCCOCc1ccccc1)C(=O)OCC=C. The lowest BCUT2D eigenvalue weighted by molar-refractivity contribution is -0.161. The van der Waals surface area contributed by atoms with Crippen LogP contribution in [0.4, 0.5) is 0 Å². The third-order valence-electron chi connectivity index (χ3n) is 3.90. The number of hydrogen-bond donors (Lipinski definition) is 0. The molecule has 0 N–H and O–H groups in total. The molecule has 0 unspecified atom stereocenters. The van der Waals surface area contributed by atoms with E-state index < -0.39 is 17.9 Å². The van der Waals surface area contributed by atoms with Crippen molar-refractivity contribution in [1.29, 1.82) is 0 Å². The van der Waals surface area contributed by atoms with Crippen LogP contribution >= 0.6 is 0 Å². The summed E-state index contributed by atoms with van der Waals surface area (Å²) in [6.07, 6.45) is 6.93. The number of unbranched alkanes of at least 4 members (excludes halogenated alkanes) is 3. The van der Waals surface area contributed by atoms with Gasteiger partial charge in [-0.15, -0.1) is 0 Å². The zero-order valence-electron chi connectivity index (χ0n) is 15.9. The van der Waals surface area contributed by atoms with E-state index in [1.54, 1.807) is 0 Å². The Bertz CT molecular complexity index is 543. The minimum atomic E-state index is -0.890. The van der Waals surface area contributed by atoms with E-state index in [1.165, 1.54) is 12.2 Å². The molecule has 0 fully saturated rings. The molecule has 0 atom stereocenters. The van der Waals surface area contributed by atoms with E-state index in [1.807, 2.05) is 30.3 Å². The van der Waals surface area contributed by atoms with Crippen LogP contribution in [0.25, 0.3) is 0 Å². The molecule has 0 radical (unpaired) electrons. The van der Waals surface area contributed by atoms with Gasteiger partial charge in [-0.1, -0.05) is 74.9 Å². The first-order chi connectivity index (χ1) is 13.2. The molecule has 27 heavy (non-hydrogen) atoms. The molecule has 0 saturated carbocycles. The Hall–Kier alpha value is -2.40. The Kier molecular flexibility index (Phi) is 12.4. The van der Waals surface area contributed by atoms with Crippen molar-refractivity contribution in [3.8, 4) is 0 Å². The van der Waals surface area contributed by atoms with Crippen molar-refractivity contribution in [2.45, 2.75) is 38.7 Å². The summed E-state index contributed by atoms with van der Waals surface area (Å²) in [6.45, 7) is 8.48. The average molecular weight is 374 g/mol. The van der Waals surface area contributed by atoms with Gasteiger partial charge < -0.3 is 14.2 Å². The van der Waals surface area contributed by atoms with Gasteiger partial charge in [0.2, 0.25) is 0 Å². The van der Waals surface area contributed by atoms with Crippen molar-refractivity contribution in [3.05, 3.63) is 61.2 Å². The number of hydrogen-bond acceptors (Lipinski definition) is 5. The monoisotopic (exact) mass is 374 g/mol. The van der Waals surface area contributed by atoms with Crippen LogP contribution in [0.15, 0.2) is 55.6 Å². The standard InChI is InChI=1S/C22H30O5/c1-3-15-26-21(23)20(22(24)27-16-4-2)14-10-5-6-11-17-25-18-19-12-8-7-9-13-19/h3-4,7-9,12-13,20H,1-2,5-6,10-11,14-18H2. The number of carbonyl (C=O) groups excluding carboxylic acids is 2. The molecule has 1 aromatic rings. The molecule has 0 saturated heterocycles. The second-order valence-corrected chi connectivity index (χ2v) is 6.13. The average Bonchev–Trinajstić information content (AvgIpc) is 2.69. The van der Waals surface area contributed by atoms with Gasteiger partial charge in [-0.05, 0) is 18.4 Å². The summed E-state index contributed by atoms with van der Waals surface area (Å²) in [7, 11) is 0. The van der Waals surface area contributed by atoms with Gasteiger partial charge in [0.25, 0.3) is 0 Å². The summed E-state index contributed by atoms with van der Waals surface area (Å²) in [5.74, 6) is -2.01. The zero-order valence-corrected chi connectivity index (χ0v) is 15.9. The first-order valence-electron chi connectivity index (χ1n) is 9.35. The van der Waals surface area contributed by atoms with Gasteiger partial charge in [0, 0.05) is 6.61 Å². The van der Waals surface area contributed by atoms with E-state index in [2.05, 4.69) is 13.2 Å². The maximum absolute atomic E-state index is 12.0. The first kappa shape index (κ1) is 22.6. The number of rotatable bonds is 15. The van der Waals surface area contributed by atoms with Crippen molar-refractivity contribution in [1.82, 2.24) is 0 Å². The van der Waals surface area contributed by atoms with E-state index in [9.17, 15) is 9.59 Å². The van der Waals surface area contributed by atoms with E-state index in [-0.39, 0.29) is 13.2 Å². The lowest BCUT2D eigenvalue weighted by Gasteiger charge is -2.14. The highest BCUT2D eigenvalue weighted by molar-refractivity contribution is 5.94. The van der Waals surface area contributed by atoms with Crippen LogP contribution in [0.3, 0.4) is 0 Å². The minimum absolute atomic E-state index is 0.0861. The molecule has 5 nitrogen and oxygen atoms in total. The molecular formula is C22H30O5. The van der Waals surface area contributed by atoms with Gasteiger partial charge in [0.1, 0.15) is 13.2 Å². The number of carbonyl (C=O) groups is 2. The predicted octanol–water partition coefficient (Wildman–Crippen LogP) is 4.23. The Morgan fingerprint density at radius 3 is 2.07 bits per heavy atom. The third kappa shape index (κ3) is 10.4. The van der Waals surface area contributed by atoms with E-state index in [0.29, 0.717) is 19.6 Å². The van der Waals surface area contributed by atoms with Gasteiger partial charge in [0.05, 0.1) is 6.61 Å². The van der Waals surface area contributed by atoms with Crippen molar-refractivity contribution in [2.75, 3.05) is 19.8 Å². The largest absolute Gasteiger partial charge is 0.461 e. The highest BCUT2D eigenvalue weighted by Crippen LogP contribution is 2.15. The predicted molar refractivity (Wildman–Crippen MR) is 105 cm³/mol. The summed E-state index contributed by atoms with van der Waals surface area (Å²) in [4.78, 5) is 24.1. The zero-order chi connectivity index (χ0) is 19.7. The molecule has 0 bridgehead atoms. The van der Waals surface area contributed by atoms with Crippen LogP contribution in [-0.2, 0) is 30.4 Å². The topological polar surface area (TPSA) is 61.8 Å². The molecule has 0 amide bonds. The van der Waals surface area contributed by atoms with Crippen LogP contribution in [0, 0.1) is 5.92 Å². The maximum Gasteiger partial charge on any atom is 0.320 e. The summed E-state index contributed by atoms with van der Waals surface area (Å²) in [5, 5.41) is 0. The van der Waals surface area contributed by atoms with Gasteiger partial charge in [-0.3, -0.25) is 9.59 Å². The molecule has 0 aliphatic heterocycles. The molecular weight excluding hydrogens is 344 g/mol. The number of ether oxygens (including phenoxy) is 3. The second-order valence-electron chi connectivity index (χ2n) is 6.13. The molecule has 0 aliphatic carbocycles. The highest BCUT2D eigenvalue weighted by atomic mass is 16.6. The van der Waals surface area contributed by atoms with E-state index in [4.69, 9.17) is 14.2 Å². The molecule has 5 heteroatoms. The summed E-state index contributed by atoms with van der Waals surface area (Å²) < 4.78 is 15.7. The van der Waals surface area contributed by atoms with E-state index >= 15 is 0 Å². The Labute approximate surface area is 162 Å². The molecule has 0 aromatic heterocycles. The van der Waals surface area contributed by atoms with E-state index in [0.717, 1.165) is 31.2 Å². The number of esters is 2. The Morgan fingerprint density at radius 2 is 1.48 bits per heavy atom. The van der Waals surface area contributed by atoms with Crippen molar-refractivity contribution >= 4 is 11.9 Å². The van der Waals surface area contributed by atoms with Gasteiger partial charge in [-0.2, -0.15) is 0 Å². The van der Waals surface area contributed by atoms with Crippen LogP contribution < -0.4 is 0 Å². The normalized spacial score (nSPS) is 10.4. The fourth-order valence-corrected chi connectivity index (χ4v) is 2.49. The van der Waals surface area contributed by atoms with Crippen LogP contribution in [0.1, 0.15) is 37.7 Å². The summed E-state index contributed by atoms with van der Waals surface area (Å²) in [6, 6.07) is 10.1. The van der Waals surface area contributed by atoms with Gasteiger partial charge in [0.15, 0.2) is 5.92 Å². The lowest BCUT2D eigenvalue weighted by Crippen LogP contribution is -2.28. The van der Waals surface area contributed by atoms with Gasteiger partial charge >= 0.3 is 11.9 Å². The summed E-state index contributed by atoms with van der Waals surface area (Å²) >= 11 is 0. The van der Waals surface area contributed by atoms with Crippen molar-refractivity contribution < 1.29 is 23.8 Å². The third-order valence-corrected chi connectivity index (χ3v) is 3.90. The van der Waals surface area contributed by atoms with Crippen LogP contribution in [-0.4, -0.2) is 31.8 Å². The van der Waals surface area contributed by atoms with Crippen molar-refractivity contribution in [2.24, 2.45) is 5.92 Å². The van der Waals surface area contributed by atoms with Crippen LogP contribution in [0.2, 0.25) is 0 Å². The fourth-order valence-electron chi connectivity index (χ4n) is 2.49. The van der Waals surface area contributed by atoms with Crippen LogP contribution in [0.5, 0.6) is 0 Å². The van der Waals surface area contributed by atoms with Crippen molar-refractivity contribution in [3.63, 3.8) is 0 Å². The Morgan fingerprint density at radius 1 is 0.889 bits per heavy atom. The highest BCUT2D eigenvalue weighted by Gasteiger charge is 2.28. The lowest BCUT2D eigenvalue weighted by atomic mass is 10.0. The summed E-state index contributed by atoms with van der Waals surface area (Å²) in [5.41, 5.74) is 1.16. The quantitative estimate of drug-likeness (QED) is 0.199. The number of benzene rings is 1. The molecule has 1 rings (SSSR count). The molecule has 0 spiro atoms. The fraction of sp³-hybridized carbons (Fsp3) is 0.455. The molecule has 148 valence electrons. The molecule has 1 aromatic carbocycles.